The molecule has 0 amide bonds. The third kappa shape index (κ3) is 3.29. The van der Waals surface area contributed by atoms with Gasteiger partial charge in [0.15, 0.2) is 0 Å². The van der Waals surface area contributed by atoms with Gasteiger partial charge in [-0.3, -0.25) is 4.68 Å². The normalized spacial score (nSPS) is 12.7. The van der Waals surface area contributed by atoms with Crippen molar-refractivity contribution in [1.29, 1.82) is 0 Å². The van der Waals surface area contributed by atoms with E-state index in [4.69, 9.17) is 0 Å². The molecule has 0 fully saturated rings. The molecule has 2 rings (SSSR count). The molecule has 2 nitrogen and oxygen atoms in total. The molecule has 0 bridgehead atoms. The molecule has 0 radical (unpaired) electrons. The van der Waals surface area contributed by atoms with E-state index in [0.717, 1.165) is 21.9 Å². The van der Waals surface area contributed by atoms with Crippen molar-refractivity contribution in [2.75, 3.05) is 5.33 Å². The van der Waals surface area contributed by atoms with Crippen molar-refractivity contribution < 1.29 is 0 Å². The van der Waals surface area contributed by atoms with Crippen LogP contribution in [0.2, 0.25) is 0 Å². The van der Waals surface area contributed by atoms with Crippen LogP contribution in [0.15, 0.2) is 28.7 Å². The van der Waals surface area contributed by atoms with Gasteiger partial charge >= 0.3 is 0 Å². The summed E-state index contributed by atoms with van der Waals surface area (Å²) in [5.41, 5.74) is 4.97. The highest BCUT2D eigenvalue weighted by Crippen LogP contribution is 2.28. The van der Waals surface area contributed by atoms with Gasteiger partial charge in [0.25, 0.3) is 0 Å². The summed E-state index contributed by atoms with van der Waals surface area (Å²) in [6.07, 6.45) is 0.978. The van der Waals surface area contributed by atoms with E-state index >= 15 is 0 Å². The Morgan fingerprint density at radius 2 is 1.84 bits per heavy atom. The Kier molecular flexibility index (Phi) is 4.85. The molecule has 0 N–H and O–H groups in total. The van der Waals surface area contributed by atoms with Gasteiger partial charge < -0.3 is 0 Å². The van der Waals surface area contributed by atoms with E-state index in [1.54, 1.807) is 0 Å². The van der Waals surface area contributed by atoms with E-state index in [2.05, 4.69) is 68.1 Å². The zero-order chi connectivity index (χ0) is 14.0. The second kappa shape index (κ2) is 6.23. The number of hydrogen-bond acceptors (Lipinski definition) is 1. The quantitative estimate of drug-likeness (QED) is 0.707. The van der Waals surface area contributed by atoms with Crippen molar-refractivity contribution in [3.05, 3.63) is 51.3 Å². The Bertz CT molecular complexity index is 558. The maximum atomic E-state index is 4.46. The molecule has 0 aliphatic carbocycles. The number of nitrogens with zero attached hydrogens (tertiary/aromatic N) is 2. The largest absolute Gasteiger partial charge is 0.271 e. The molecular formula is C15H18Br2N2. The highest BCUT2D eigenvalue weighted by atomic mass is 79.9. The first-order valence-electron chi connectivity index (χ1n) is 6.33. The number of benzene rings is 1. The smallest absolute Gasteiger partial charge is 0.0738 e. The van der Waals surface area contributed by atoms with Gasteiger partial charge in [-0.2, -0.15) is 5.10 Å². The van der Waals surface area contributed by atoms with E-state index in [0.29, 0.717) is 5.92 Å². The molecule has 2 aromatic rings. The van der Waals surface area contributed by atoms with E-state index in [9.17, 15) is 0 Å². The molecule has 102 valence electrons. The molecule has 4 heteroatoms. The molecule has 0 aliphatic heterocycles. The molecule has 1 atom stereocenters. The fourth-order valence-electron chi connectivity index (χ4n) is 2.24. The van der Waals surface area contributed by atoms with Gasteiger partial charge in [0, 0.05) is 12.4 Å². The van der Waals surface area contributed by atoms with Crippen LogP contribution in [0.3, 0.4) is 0 Å². The van der Waals surface area contributed by atoms with Gasteiger partial charge in [0.05, 0.1) is 15.9 Å². The van der Waals surface area contributed by atoms with Crippen molar-refractivity contribution in [2.24, 2.45) is 7.05 Å². The van der Waals surface area contributed by atoms with Crippen LogP contribution in [0.5, 0.6) is 0 Å². The van der Waals surface area contributed by atoms with Gasteiger partial charge in [-0.15, -0.1) is 0 Å². The van der Waals surface area contributed by atoms with Crippen molar-refractivity contribution in [3.8, 4) is 0 Å². The monoisotopic (exact) mass is 384 g/mol. The first-order chi connectivity index (χ1) is 9.02. The molecule has 1 unspecified atom stereocenters. The van der Waals surface area contributed by atoms with E-state index in [1.165, 1.54) is 16.8 Å². The Labute approximate surface area is 131 Å². The lowest BCUT2D eigenvalue weighted by Crippen LogP contribution is -2.08. The standard InChI is InChI=1S/C15H18Br2N2/c1-10-4-6-12(7-5-10)13(9-16)8-14-15(17)11(2)18-19(14)3/h4-7,13H,8-9H2,1-3H3. The Hall–Kier alpha value is -0.610. The topological polar surface area (TPSA) is 17.8 Å². The average Bonchev–Trinajstić information content (AvgIpc) is 2.63. The van der Waals surface area contributed by atoms with Gasteiger partial charge in [0.2, 0.25) is 0 Å². The minimum absolute atomic E-state index is 0.465. The van der Waals surface area contributed by atoms with Crippen molar-refractivity contribution >= 4 is 31.9 Å². The second-order valence-electron chi connectivity index (χ2n) is 4.94. The van der Waals surface area contributed by atoms with Crippen molar-refractivity contribution in [2.45, 2.75) is 26.2 Å². The summed E-state index contributed by atoms with van der Waals surface area (Å²) < 4.78 is 3.11. The number of aromatic nitrogens is 2. The van der Waals surface area contributed by atoms with Crippen LogP contribution in [0.4, 0.5) is 0 Å². The van der Waals surface area contributed by atoms with Crippen LogP contribution in [0, 0.1) is 13.8 Å². The molecule has 0 saturated heterocycles. The Morgan fingerprint density at radius 1 is 1.21 bits per heavy atom. The highest BCUT2D eigenvalue weighted by molar-refractivity contribution is 9.10. The molecule has 1 aromatic heterocycles. The SMILES string of the molecule is Cc1ccc(C(CBr)Cc2c(Br)c(C)nn2C)cc1. The number of rotatable bonds is 4. The lowest BCUT2D eigenvalue weighted by molar-refractivity contribution is 0.659. The van der Waals surface area contributed by atoms with E-state index < -0.39 is 0 Å². The third-order valence-corrected chi connectivity index (χ3v) is 5.25. The van der Waals surface area contributed by atoms with Crippen molar-refractivity contribution in [1.82, 2.24) is 9.78 Å². The molecule has 1 aromatic carbocycles. The summed E-state index contributed by atoms with van der Waals surface area (Å²) in [5.74, 6) is 0.465. The lowest BCUT2D eigenvalue weighted by Gasteiger charge is -2.15. The number of halogens is 2. The van der Waals surface area contributed by atoms with Gasteiger partial charge in [0.1, 0.15) is 0 Å². The van der Waals surface area contributed by atoms with Crippen LogP contribution in [-0.4, -0.2) is 15.1 Å². The molecular weight excluding hydrogens is 368 g/mol. The van der Waals surface area contributed by atoms with Crippen LogP contribution in [0.1, 0.15) is 28.4 Å². The first-order valence-corrected chi connectivity index (χ1v) is 8.25. The summed E-state index contributed by atoms with van der Waals surface area (Å²) in [6, 6.07) is 8.79. The molecule has 0 aliphatic rings. The van der Waals surface area contributed by atoms with Crippen LogP contribution < -0.4 is 0 Å². The number of alkyl halides is 1. The number of hydrogen-bond donors (Lipinski definition) is 0. The summed E-state index contributed by atoms with van der Waals surface area (Å²) in [7, 11) is 2.01. The predicted octanol–water partition coefficient (Wildman–Crippen LogP) is 4.52. The maximum absolute atomic E-state index is 4.46. The zero-order valence-electron chi connectivity index (χ0n) is 11.5. The third-order valence-electron chi connectivity index (χ3n) is 3.44. The van der Waals surface area contributed by atoms with Crippen LogP contribution in [-0.2, 0) is 13.5 Å². The molecule has 0 spiro atoms. The molecule has 0 saturated carbocycles. The van der Waals surface area contributed by atoms with Gasteiger partial charge in [-0.1, -0.05) is 45.8 Å². The highest BCUT2D eigenvalue weighted by Gasteiger charge is 2.17. The Balaban J connectivity index is 2.26. The van der Waals surface area contributed by atoms with Gasteiger partial charge in [-0.25, -0.2) is 0 Å². The fraction of sp³-hybridized carbons (Fsp3) is 0.400. The predicted molar refractivity (Wildman–Crippen MR) is 87.1 cm³/mol. The first kappa shape index (κ1) is 14.8. The second-order valence-corrected chi connectivity index (χ2v) is 6.38. The lowest BCUT2D eigenvalue weighted by atomic mass is 9.95. The summed E-state index contributed by atoms with van der Waals surface area (Å²) >= 11 is 7.28. The number of aryl methyl sites for hydroxylation is 3. The van der Waals surface area contributed by atoms with Crippen LogP contribution in [0.25, 0.3) is 0 Å². The van der Waals surface area contributed by atoms with Gasteiger partial charge in [-0.05, 0) is 47.7 Å². The van der Waals surface area contributed by atoms with E-state index in [1.807, 2.05) is 18.7 Å². The maximum Gasteiger partial charge on any atom is 0.0738 e. The fourth-order valence-corrected chi connectivity index (χ4v) is 3.34. The minimum atomic E-state index is 0.465. The molecule has 1 heterocycles. The molecule has 19 heavy (non-hydrogen) atoms. The summed E-state index contributed by atoms with van der Waals surface area (Å²) in [5, 5.41) is 5.41. The average molecular weight is 386 g/mol. The Morgan fingerprint density at radius 3 is 2.32 bits per heavy atom. The minimum Gasteiger partial charge on any atom is -0.271 e. The summed E-state index contributed by atoms with van der Waals surface area (Å²) in [6.45, 7) is 4.15. The summed E-state index contributed by atoms with van der Waals surface area (Å²) in [4.78, 5) is 0. The zero-order valence-corrected chi connectivity index (χ0v) is 14.6. The van der Waals surface area contributed by atoms with Crippen LogP contribution >= 0.6 is 31.9 Å². The van der Waals surface area contributed by atoms with E-state index in [-0.39, 0.29) is 0 Å². The van der Waals surface area contributed by atoms with Crippen molar-refractivity contribution in [3.63, 3.8) is 0 Å².